The standard InChI is InChI=1S/C31H50N6O7/c1-10-11-17(23(40)25(32)41)33-26(42)22-21-16(31(21,8)9)14-37(22)27(43)24(30(5,6)7)35-28(44)34-18(29(2,3)4)15-36-19(38)12-13-20(36)39/h16-18,21-22,24H,10-15H2,1-9H3,(H2,32,41)(H,33,42)(H2,34,35,44)/t16-,17?,18+,21-,22-,24+/m0/s1. The molecule has 3 rings (SSSR count). The van der Waals surface area contributed by atoms with Crippen molar-refractivity contribution in [1.29, 1.82) is 0 Å². The van der Waals surface area contributed by atoms with Crippen LogP contribution in [0.15, 0.2) is 0 Å². The summed E-state index contributed by atoms with van der Waals surface area (Å²) >= 11 is 0. The molecule has 3 fully saturated rings. The molecule has 3 aliphatic rings. The van der Waals surface area contributed by atoms with Crippen molar-refractivity contribution >= 4 is 41.4 Å². The number of carbonyl (C=O) groups is 7. The highest BCUT2D eigenvalue weighted by molar-refractivity contribution is 6.37. The fraction of sp³-hybridized carbons (Fsp3) is 0.774. The summed E-state index contributed by atoms with van der Waals surface area (Å²) in [5.41, 5.74) is 3.72. The minimum Gasteiger partial charge on any atom is -0.363 e. The number of piperidine rings is 1. The van der Waals surface area contributed by atoms with Gasteiger partial charge in [0.05, 0.1) is 12.1 Å². The van der Waals surface area contributed by atoms with Gasteiger partial charge in [-0.1, -0.05) is 68.7 Å². The van der Waals surface area contributed by atoms with Crippen molar-refractivity contribution in [3.8, 4) is 0 Å². The van der Waals surface area contributed by atoms with Gasteiger partial charge in [0.1, 0.15) is 12.1 Å². The third-order valence-electron chi connectivity index (χ3n) is 9.47. The van der Waals surface area contributed by atoms with E-state index in [4.69, 9.17) is 5.73 Å². The van der Waals surface area contributed by atoms with Gasteiger partial charge in [0.15, 0.2) is 0 Å². The quantitative estimate of drug-likeness (QED) is 0.197. The number of nitrogens with zero attached hydrogens (tertiary/aromatic N) is 2. The van der Waals surface area contributed by atoms with Gasteiger partial charge in [-0.25, -0.2) is 4.79 Å². The lowest BCUT2D eigenvalue weighted by Gasteiger charge is -2.39. The van der Waals surface area contributed by atoms with Gasteiger partial charge in [-0.05, 0) is 34.5 Å². The molecule has 5 N–H and O–H groups in total. The van der Waals surface area contributed by atoms with Crippen LogP contribution in [0.1, 0.15) is 88.0 Å². The Kier molecular flexibility index (Phi) is 9.91. The molecule has 6 atom stereocenters. The first-order chi connectivity index (χ1) is 20.1. The first-order valence-corrected chi connectivity index (χ1v) is 15.5. The van der Waals surface area contributed by atoms with E-state index in [1.165, 1.54) is 9.80 Å². The lowest BCUT2D eigenvalue weighted by molar-refractivity contribution is -0.145. The molecule has 7 amide bonds. The van der Waals surface area contributed by atoms with Crippen molar-refractivity contribution in [2.24, 2.45) is 33.8 Å². The van der Waals surface area contributed by atoms with Crippen LogP contribution in [-0.4, -0.2) is 88.4 Å². The Balaban J connectivity index is 1.82. The zero-order valence-corrected chi connectivity index (χ0v) is 27.5. The molecule has 1 aliphatic carbocycles. The molecule has 0 aromatic heterocycles. The van der Waals surface area contributed by atoms with E-state index >= 15 is 0 Å². The van der Waals surface area contributed by atoms with Gasteiger partial charge in [-0.15, -0.1) is 0 Å². The van der Waals surface area contributed by atoms with Gasteiger partial charge in [0.2, 0.25) is 29.4 Å². The summed E-state index contributed by atoms with van der Waals surface area (Å²) in [5.74, 6) is -3.68. The Morgan fingerprint density at radius 3 is 1.98 bits per heavy atom. The van der Waals surface area contributed by atoms with Crippen molar-refractivity contribution in [2.45, 2.75) is 112 Å². The number of hydrogen-bond donors (Lipinski definition) is 4. The summed E-state index contributed by atoms with van der Waals surface area (Å²) in [7, 11) is 0. The maximum absolute atomic E-state index is 14.2. The van der Waals surface area contributed by atoms with Crippen LogP contribution in [0.3, 0.4) is 0 Å². The number of carbonyl (C=O) groups excluding carboxylic acids is 7. The molecule has 1 unspecified atom stereocenters. The van der Waals surface area contributed by atoms with E-state index < -0.39 is 64.5 Å². The van der Waals surface area contributed by atoms with Crippen LogP contribution >= 0.6 is 0 Å². The number of imide groups is 1. The van der Waals surface area contributed by atoms with E-state index in [0.29, 0.717) is 13.0 Å². The van der Waals surface area contributed by atoms with Gasteiger partial charge in [0.25, 0.3) is 5.91 Å². The molecule has 2 saturated heterocycles. The van der Waals surface area contributed by atoms with Crippen molar-refractivity contribution < 1.29 is 33.6 Å². The second-order valence-corrected chi connectivity index (χ2v) is 15.2. The second kappa shape index (κ2) is 12.5. The van der Waals surface area contributed by atoms with Gasteiger partial charge in [0, 0.05) is 25.9 Å². The number of Topliss-reactive ketones (excluding diaryl/α,β-unsaturated/α-hetero) is 1. The summed E-state index contributed by atoms with van der Waals surface area (Å²) < 4.78 is 0. The van der Waals surface area contributed by atoms with E-state index in [1.54, 1.807) is 20.8 Å². The van der Waals surface area contributed by atoms with Crippen molar-refractivity contribution in [1.82, 2.24) is 25.8 Å². The minimum absolute atomic E-state index is 0.0124. The monoisotopic (exact) mass is 618 g/mol. The Morgan fingerprint density at radius 2 is 1.50 bits per heavy atom. The summed E-state index contributed by atoms with van der Waals surface area (Å²) in [6.45, 7) is 17.2. The van der Waals surface area contributed by atoms with Gasteiger partial charge < -0.3 is 26.6 Å². The van der Waals surface area contributed by atoms with Crippen molar-refractivity contribution in [3.05, 3.63) is 0 Å². The highest BCUT2D eigenvalue weighted by Crippen LogP contribution is 2.65. The Hall–Kier alpha value is -3.51. The van der Waals surface area contributed by atoms with E-state index in [2.05, 4.69) is 16.0 Å². The van der Waals surface area contributed by atoms with Crippen LogP contribution in [0.2, 0.25) is 0 Å². The lowest BCUT2D eigenvalue weighted by Crippen LogP contribution is -2.62. The smallest absolute Gasteiger partial charge is 0.315 e. The number of ketones is 1. The molecule has 2 heterocycles. The third-order valence-corrected chi connectivity index (χ3v) is 9.47. The molecule has 2 aliphatic heterocycles. The largest absolute Gasteiger partial charge is 0.363 e. The van der Waals surface area contributed by atoms with Crippen LogP contribution in [0.5, 0.6) is 0 Å². The third kappa shape index (κ3) is 7.23. The van der Waals surface area contributed by atoms with Gasteiger partial charge in [-0.3, -0.25) is 33.7 Å². The number of nitrogens with two attached hydrogens (primary N) is 1. The van der Waals surface area contributed by atoms with E-state index in [9.17, 15) is 33.6 Å². The van der Waals surface area contributed by atoms with E-state index in [-0.39, 0.29) is 54.9 Å². The normalized spacial score (nSPS) is 24.7. The Morgan fingerprint density at radius 1 is 0.932 bits per heavy atom. The molecule has 44 heavy (non-hydrogen) atoms. The first kappa shape index (κ1) is 35.0. The lowest BCUT2D eigenvalue weighted by atomic mass is 9.85. The maximum atomic E-state index is 14.2. The topological polar surface area (TPSA) is 188 Å². The Bertz CT molecular complexity index is 1200. The second-order valence-electron chi connectivity index (χ2n) is 15.2. The zero-order valence-electron chi connectivity index (χ0n) is 27.5. The molecule has 1 saturated carbocycles. The summed E-state index contributed by atoms with van der Waals surface area (Å²) in [4.78, 5) is 92.5. The number of primary amides is 1. The molecular weight excluding hydrogens is 568 g/mol. The van der Waals surface area contributed by atoms with Crippen LogP contribution in [-0.2, 0) is 28.8 Å². The average molecular weight is 619 g/mol. The Labute approximate surface area is 259 Å². The van der Waals surface area contributed by atoms with E-state index in [0.717, 1.165) is 0 Å². The maximum Gasteiger partial charge on any atom is 0.315 e. The fourth-order valence-electron chi connectivity index (χ4n) is 6.49. The summed E-state index contributed by atoms with van der Waals surface area (Å²) in [6, 6.07) is -4.26. The molecule has 0 spiro atoms. The molecular formula is C31H50N6O7. The SMILES string of the molecule is CCCC(NC(=O)[C@@H]1[C@@H]2[C@H](CN1C(=O)[C@@H](NC(=O)N[C@H](CN1C(=O)CCC1=O)C(C)(C)C)C(C)(C)C)C2(C)C)C(=O)C(N)=O. The highest BCUT2D eigenvalue weighted by atomic mass is 16.2. The number of fused-ring (bicyclic) bond motifs is 1. The zero-order chi connectivity index (χ0) is 33.5. The van der Waals surface area contributed by atoms with Crippen molar-refractivity contribution in [2.75, 3.05) is 13.1 Å². The number of amides is 7. The molecule has 0 bridgehead atoms. The molecule has 0 radical (unpaired) electrons. The number of hydrogen-bond acceptors (Lipinski definition) is 7. The summed E-state index contributed by atoms with van der Waals surface area (Å²) in [5, 5.41) is 8.37. The number of rotatable bonds is 11. The predicted octanol–water partition coefficient (Wildman–Crippen LogP) is 1.09. The number of likely N-dealkylation sites (tertiary alicyclic amines) is 2. The van der Waals surface area contributed by atoms with E-state index in [1.807, 2.05) is 41.5 Å². The molecule has 0 aromatic carbocycles. The van der Waals surface area contributed by atoms with Crippen LogP contribution in [0.4, 0.5) is 4.79 Å². The molecule has 246 valence electrons. The highest BCUT2D eigenvalue weighted by Gasteiger charge is 2.70. The summed E-state index contributed by atoms with van der Waals surface area (Å²) in [6.07, 6.45) is 1.03. The van der Waals surface area contributed by atoms with Crippen LogP contribution < -0.4 is 21.7 Å². The predicted molar refractivity (Wildman–Crippen MR) is 161 cm³/mol. The average Bonchev–Trinajstić information content (AvgIpc) is 3.19. The number of nitrogens with one attached hydrogen (secondary N) is 3. The first-order valence-electron chi connectivity index (χ1n) is 15.5. The van der Waals surface area contributed by atoms with Gasteiger partial charge in [-0.2, -0.15) is 0 Å². The van der Waals surface area contributed by atoms with Crippen LogP contribution in [0, 0.1) is 28.1 Å². The van der Waals surface area contributed by atoms with Crippen LogP contribution in [0.25, 0.3) is 0 Å². The van der Waals surface area contributed by atoms with Gasteiger partial charge >= 0.3 is 6.03 Å². The van der Waals surface area contributed by atoms with Crippen molar-refractivity contribution in [3.63, 3.8) is 0 Å². The molecule has 13 nitrogen and oxygen atoms in total. The molecule has 0 aromatic rings. The number of urea groups is 1. The molecule has 13 heteroatoms. The minimum atomic E-state index is -1.14. The fourth-order valence-corrected chi connectivity index (χ4v) is 6.49.